The fraction of sp³-hybridized carbons (Fsp3) is 0.538. The molecule has 0 amide bonds. The molecule has 0 radical (unpaired) electrons. The smallest absolute Gasteiger partial charge is 0.0328 e. The van der Waals surface area contributed by atoms with Gasteiger partial charge in [-0.2, -0.15) is 0 Å². The summed E-state index contributed by atoms with van der Waals surface area (Å²) in [5.74, 6) is 0. The van der Waals surface area contributed by atoms with Gasteiger partial charge in [0.15, 0.2) is 0 Å². The van der Waals surface area contributed by atoms with E-state index >= 15 is 0 Å². The topological polar surface area (TPSA) is 12.0 Å². The molecule has 0 saturated carbocycles. The second-order valence-corrected chi connectivity index (χ2v) is 4.30. The molecular formula is C13H19N. The molecule has 0 aromatic heterocycles. The number of rotatable bonds is 2. The average Bonchev–Trinajstić information content (AvgIpc) is 2.49. The highest BCUT2D eigenvalue weighted by Crippen LogP contribution is 2.34. The molecule has 1 aliphatic carbocycles. The molecule has 0 aliphatic heterocycles. The SMILES string of the molecule is CCNC1CCc2cc(C)cc(C)c21. The third kappa shape index (κ3) is 1.57. The quantitative estimate of drug-likeness (QED) is 0.754. The highest BCUT2D eigenvalue weighted by molar-refractivity contribution is 5.43. The Morgan fingerprint density at radius 2 is 2.14 bits per heavy atom. The van der Waals surface area contributed by atoms with Crippen molar-refractivity contribution in [2.45, 2.75) is 39.7 Å². The first-order valence-corrected chi connectivity index (χ1v) is 5.55. The van der Waals surface area contributed by atoms with E-state index in [-0.39, 0.29) is 0 Å². The van der Waals surface area contributed by atoms with Gasteiger partial charge < -0.3 is 5.32 Å². The molecule has 76 valence electrons. The first kappa shape index (κ1) is 9.72. The van der Waals surface area contributed by atoms with Crippen molar-refractivity contribution in [3.05, 3.63) is 34.4 Å². The summed E-state index contributed by atoms with van der Waals surface area (Å²) in [4.78, 5) is 0. The van der Waals surface area contributed by atoms with Crippen molar-refractivity contribution in [1.82, 2.24) is 5.32 Å². The van der Waals surface area contributed by atoms with Gasteiger partial charge in [-0.15, -0.1) is 0 Å². The summed E-state index contributed by atoms with van der Waals surface area (Å²) in [7, 11) is 0. The van der Waals surface area contributed by atoms with Gasteiger partial charge in [0.05, 0.1) is 0 Å². The predicted molar refractivity (Wildman–Crippen MR) is 60.7 cm³/mol. The van der Waals surface area contributed by atoms with Gasteiger partial charge >= 0.3 is 0 Å². The molecule has 1 aromatic rings. The third-order valence-corrected chi connectivity index (χ3v) is 3.12. The van der Waals surface area contributed by atoms with Gasteiger partial charge in [0, 0.05) is 6.04 Å². The second-order valence-electron chi connectivity index (χ2n) is 4.30. The number of fused-ring (bicyclic) bond motifs is 1. The van der Waals surface area contributed by atoms with Crippen LogP contribution in [0.3, 0.4) is 0 Å². The van der Waals surface area contributed by atoms with Crippen LogP contribution in [-0.2, 0) is 6.42 Å². The number of nitrogens with one attached hydrogen (secondary N) is 1. The van der Waals surface area contributed by atoms with Gasteiger partial charge in [0.2, 0.25) is 0 Å². The maximum atomic E-state index is 3.56. The lowest BCUT2D eigenvalue weighted by Gasteiger charge is -2.15. The molecule has 0 saturated heterocycles. The standard InChI is InChI=1S/C13H19N/c1-4-14-12-6-5-11-8-9(2)7-10(3)13(11)12/h7-8,12,14H,4-6H2,1-3H3. The minimum absolute atomic E-state index is 0.607. The minimum atomic E-state index is 0.607. The van der Waals surface area contributed by atoms with Crippen LogP contribution in [0.25, 0.3) is 0 Å². The number of hydrogen-bond donors (Lipinski definition) is 1. The van der Waals surface area contributed by atoms with Crippen molar-refractivity contribution in [1.29, 1.82) is 0 Å². The fourth-order valence-corrected chi connectivity index (χ4v) is 2.67. The number of benzene rings is 1. The Morgan fingerprint density at radius 1 is 1.36 bits per heavy atom. The van der Waals surface area contributed by atoms with Gasteiger partial charge in [0.1, 0.15) is 0 Å². The molecule has 1 aromatic carbocycles. The van der Waals surface area contributed by atoms with Crippen molar-refractivity contribution in [3.63, 3.8) is 0 Å². The first-order chi connectivity index (χ1) is 6.72. The molecule has 0 bridgehead atoms. The molecule has 2 rings (SSSR count). The first-order valence-electron chi connectivity index (χ1n) is 5.55. The van der Waals surface area contributed by atoms with E-state index in [2.05, 4.69) is 38.2 Å². The van der Waals surface area contributed by atoms with Crippen molar-refractivity contribution in [2.24, 2.45) is 0 Å². The number of aryl methyl sites for hydroxylation is 3. The maximum absolute atomic E-state index is 3.56. The van der Waals surface area contributed by atoms with Crippen molar-refractivity contribution >= 4 is 0 Å². The summed E-state index contributed by atoms with van der Waals surface area (Å²) in [6.07, 6.45) is 2.52. The van der Waals surface area contributed by atoms with Crippen LogP contribution in [-0.4, -0.2) is 6.54 Å². The van der Waals surface area contributed by atoms with Crippen LogP contribution in [0.5, 0.6) is 0 Å². The molecule has 1 atom stereocenters. The van der Waals surface area contributed by atoms with Crippen LogP contribution >= 0.6 is 0 Å². The van der Waals surface area contributed by atoms with Crippen LogP contribution < -0.4 is 5.32 Å². The zero-order valence-electron chi connectivity index (χ0n) is 9.35. The summed E-state index contributed by atoms with van der Waals surface area (Å²) in [6, 6.07) is 5.25. The zero-order chi connectivity index (χ0) is 10.1. The largest absolute Gasteiger partial charge is 0.310 e. The third-order valence-electron chi connectivity index (χ3n) is 3.12. The van der Waals surface area contributed by atoms with E-state index in [9.17, 15) is 0 Å². The Bertz CT molecular complexity index is 341. The van der Waals surface area contributed by atoms with E-state index in [1.165, 1.54) is 24.0 Å². The highest BCUT2D eigenvalue weighted by atomic mass is 14.9. The summed E-state index contributed by atoms with van der Waals surface area (Å²) in [5.41, 5.74) is 5.99. The Hall–Kier alpha value is -0.820. The summed E-state index contributed by atoms with van der Waals surface area (Å²) >= 11 is 0. The molecule has 0 heterocycles. The van der Waals surface area contributed by atoms with Gasteiger partial charge in [-0.1, -0.05) is 24.6 Å². The molecule has 1 nitrogen and oxygen atoms in total. The Balaban J connectivity index is 2.39. The van der Waals surface area contributed by atoms with Crippen molar-refractivity contribution < 1.29 is 0 Å². The van der Waals surface area contributed by atoms with E-state index in [4.69, 9.17) is 0 Å². The molecule has 0 spiro atoms. The van der Waals surface area contributed by atoms with Gasteiger partial charge in [0.25, 0.3) is 0 Å². The summed E-state index contributed by atoms with van der Waals surface area (Å²) in [6.45, 7) is 7.67. The highest BCUT2D eigenvalue weighted by Gasteiger charge is 2.23. The van der Waals surface area contributed by atoms with Gasteiger partial charge in [-0.3, -0.25) is 0 Å². The Labute approximate surface area is 86.5 Å². The normalized spacial score (nSPS) is 19.8. The van der Waals surface area contributed by atoms with Crippen LogP contribution in [0.2, 0.25) is 0 Å². The van der Waals surface area contributed by atoms with E-state index in [0.717, 1.165) is 6.54 Å². The van der Waals surface area contributed by atoms with Crippen LogP contribution in [0.1, 0.15) is 41.6 Å². The summed E-state index contributed by atoms with van der Waals surface area (Å²) in [5, 5.41) is 3.56. The lowest BCUT2D eigenvalue weighted by molar-refractivity contribution is 0.547. The van der Waals surface area contributed by atoms with Gasteiger partial charge in [-0.25, -0.2) is 0 Å². The van der Waals surface area contributed by atoms with E-state index in [1.54, 1.807) is 11.1 Å². The van der Waals surface area contributed by atoms with E-state index < -0.39 is 0 Å². The second kappa shape index (κ2) is 3.74. The Kier molecular flexibility index (Phi) is 2.60. The maximum Gasteiger partial charge on any atom is 0.0328 e. The average molecular weight is 189 g/mol. The van der Waals surface area contributed by atoms with Crippen LogP contribution in [0, 0.1) is 13.8 Å². The fourth-order valence-electron chi connectivity index (χ4n) is 2.67. The Morgan fingerprint density at radius 3 is 2.86 bits per heavy atom. The number of hydrogen-bond acceptors (Lipinski definition) is 1. The van der Waals surface area contributed by atoms with Crippen molar-refractivity contribution in [2.75, 3.05) is 6.54 Å². The predicted octanol–water partition coefficient (Wildman–Crippen LogP) is 2.90. The molecule has 0 fully saturated rings. The van der Waals surface area contributed by atoms with E-state index in [1.807, 2.05) is 0 Å². The lowest BCUT2D eigenvalue weighted by atomic mass is 9.99. The molecule has 1 heteroatoms. The minimum Gasteiger partial charge on any atom is -0.310 e. The lowest BCUT2D eigenvalue weighted by Crippen LogP contribution is -2.19. The van der Waals surface area contributed by atoms with Crippen LogP contribution in [0.15, 0.2) is 12.1 Å². The molecule has 14 heavy (non-hydrogen) atoms. The monoisotopic (exact) mass is 189 g/mol. The van der Waals surface area contributed by atoms with Crippen LogP contribution in [0.4, 0.5) is 0 Å². The molecule has 1 aliphatic rings. The molecular weight excluding hydrogens is 170 g/mol. The van der Waals surface area contributed by atoms with Gasteiger partial charge in [-0.05, 0) is 49.9 Å². The molecule has 1 unspecified atom stereocenters. The summed E-state index contributed by atoms with van der Waals surface area (Å²) < 4.78 is 0. The van der Waals surface area contributed by atoms with E-state index in [0.29, 0.717) is 6.04 Å². The van der Waals surface area contributed by atoms with Crippen molar-refractivity contribution in [3.8, 4) is 0 Å². The zero-order valence-corrected chi connectivity index (χ0v) is 9.35. The molecule has 1 N–H and O–H groups in total.